The van der Waals surface area contributed by atoms with Crippen molar-refractivity contribution in [3.63, 3.8) is 0 Å². The van der Waals surface area contributed by atoms with E-state index in [2.05, 4.69) is 0 Å². The van der Waals surface area contributed by atoms with Gasteiger partial charge in [0.25, 0.3) is 0 Å². The minimum absolute atomic E-state index is 0.0598. The van der Waals surface area contributed by atoms with Crippen LogP contribution in [0.4, 0.5) is 13.2 Å². The molecule has 1 aromatic rings. The summed E-state index contributed by atoms with van der Waals surface area (Å²) in [6, 6.07) is 5.55. The first-order valence-corrected chi connectivity index (χ1v) is 6.97. The number of hydrogen-bond donors (Lipinski definition) is 0. The fourth-order valence-electron chi connectivity index (χ4n) is 2.95. The van der Waals surface area contributed by atoms with Gasteiger partial charge in [-0.3, -0.25) is 4.79 Å². The quantitative estimate of drug-likeness (QED) is 0.709. The highest BCUT2D eigenvalue weighted by atomic mass is 19.4. The predicted molar refractivity (Wildman–Crippen MR) is 71.7 cm³/mol. The number of halogens is 3. The first kappa shape index (κ1) is 15.1. The number of carbonyl (C=O) groups is 1. The maximum atomic E-state index is 12.8. The summed E-state index contributed by atoms with van der Waals surface area (Å²) in [4.78, 5) is 12.5. The normalized spacial score (nSPS) is 23.6. The van der Waals surface area contributed by atoms with Crippen LogP contribution in [-0.2, 0) is 0 Å². The standard InChI is InChI=1S/C16H19F3O/c1-10-6-7-11(2)14(8-10)15(20)12-4-3-5-13(9-12)16(17,18)19/h6-8,12-13H,3-5,9H2,1-2H3. The molecule has 20 heavy (non-hydrogen) atoms. The number of hydrogen-bond acceptors (Lipinski definition) is 1. The molecule has 1 aliphatic rings. The average molecular weight is 284 g/mol. The molecule has 0 bridgehead atoms. The van der Waals surface area contributed by atoms with Crippen molar-refractivity contribution in [3.05, 3.63) is 34.9 Å². The third-order valence-electron chi connectivity index (χ3n) is 4.17. The minimum atomic E-state index is -4.18. The number of rotatable bonds is 2. The van der Waals surface area contributed by atoms with Crippen molar-refractivity contribution in [2.75, 3.05) is 0 Å². The monoisotopic (exact) mass is 284 g/mol. The lowest BCUT2D eigenvalue weighted by atomic mass is 9.77. The van der Waals surface area contributed by atoms with Crippen LogP contribution >= 0.6 is 0 Å². The maximum Gasteiger partial charge on any atom is 0.391 e. The molecule has 0 radical (unpaired) electrons. The Bertz CT molecular complexity index is 505. The van der Waals surface area contributed by atoms with Gasteiger partial charge in [0.15, 0.2) is 5.78 Å². The zero-order chi connectivity index (χ0) is 14.9. The molecular weight excluding hydrogens is 265 g/mol. The van der Waals surface area contributed by atoms with Gasteiger partial charge in [-0.25, -0.2) is 0 Å². The van der Waals surface area contributed by atoms with Gasteiger partial charge < -0.3 is 0 Å². The van der Waals surface area contributed by atoms with Gasteiger partial charge in [0, 0.05) is 11.5 Å². The molecule has 2 rings (SSSR count). The predicted octanol–water partition coefficient (Wildman–Crippen LogP) is 4.85. The Morgan fingerprint density at radius 1 is 1.20 bits per heavy atom. The van der Waals surface area contributed by atoms with Crippen LogP contribution in [0.25, 0.3) is 0 Å². The Kier molecular flexibility index (Phi) is 4.21. The lowest BCUT2D eigenvalue weighted by Crippen LogP contribution is -2.32. The number of benzene rings is 1. The minimum Gasteiger partial charge on any atom is -0.294 e. The largest absolute Gasteiger partial charge is 0.391 e. The zero-order valence-corrected chi connectivity index (χ0v) is 11.8. The summed E-state index contributed by atoms with van der Waals surface area (Å²) in [5.41, 5.74) is 2.38. The topological polar surface area (TPSA) is 17.1 Å². The molecule has 1 aliphatic carbocycles. The van der Waals surface area contributed by atoms with Gasteiger partial charge in [0.2, 0.25) is 0 Å². The Morgan fingerprint density at radius 3 is 2.55 bits per heavy atom. The lowest BCUT2D eigenvalue weighted by Gasteiger charge is -2.30. The highest BCUT2D eigenvalue weighted by Gasteiger charge is 2.43. The summed E-state index contributed by atoms with van der Waals surface area (Å²) < 4.78 is 38.4. The maximum absolute atomic E-state index is 12.8. The molecule has 1 aromatic carbocycles. The van der Waals surface area contributed by atoms with Crippen molar-refractivity contribution in [2.24, 2.45) is 11.8 Å². The van der Waals surface area contributed by atoms with E-state index in [0.29, 0.717) is 18.4 Å². The Labute approximate surface area is 117 Å². The first-order chi connectivity index (χ1) is 9.29. The molecule has 0 saturated heterocycles. The Morgan fingerprint density at radius 2 is 1.90 bits per heavy atom. The summed E-state index contributed by atoms with van der Waals surface area (Å²) in [5.74, 6) is -1.94. The summed E-state index contributed by atoms with van der Waals surface area (Å²) in [6.07, 6.45) is -3.04. The molecule has 0 spiro atoms. The molecule has 1 fully saturated rings. The SMILES string of the molecule is Cc1ccc(C)c(C(=O)C2CCCC(C(F)(F)F)C2)c1. The van der Waals surface area contributed by atoms with Crippen molar-refractivity contribution in [1.29, 1.82) is 0 Å². The number of ketones is 1. The third kappa shape index (κ3) is 3.22. The molecule has 0 aliphatic heterocycles. The van der Waals surface area contributed by atoms with Crippen molar-refractivity contribution in [2.45, 2.75) is 45.7 Å². The molecule has 2 atom stereocenters. The fourth-order valence-corrected chi connectivity index (χ4v) is 2.95. The van der Waals surface area contributed by atoms with Crippen LogP contribution in [0.2, 0.25) is 0 Å². The van der Waals surface area contributed by atoms with Crippen LogP contribution in [0.1, 0.15) is 47.2 Å². The van der Waals surface area contributed by atoms with E-state index in [1.165, 1.54) is 0 Å². The van der Waals surface area contributed by atoms with Gasteiger partial charge in [0.05, 0.1) is 5.92 Å². The van der Waals surface area contributed by atoms with Crippen LogP contribution < -0.4 is 0 Å². The van der Waals surface area contributed by atoms with E-state index in [0.717, 1.165) is 11.1 Å². The van der Waals surface area contributed by atoms with E-state index in [-0.39, 0.29) is 18.6 Å². The number of alkyl halides is 3. The molecule has 110 valence electrons. The second kappa shape index (κ2) is 5.58. The summed E-state index contributed by atoms with van der Waals surface area (Å²) in [6.45, 7) is 3.71. The van der Waals surface area contributed by atoms with Gasteiger partial charge in [0.1, 0.15) is 0 Å². The molecule has 0 aromatic heterocycles. The van der Waals surface area contributed by atoms with E-state index in [1.54, 1.807) is 6.07 Å². The van der Waals surface area contributed by atoms with Crippen LogP contribution in [0.5, 0.6) is 0 Å². The molecule has 0 N–H and O–H groups in total. The van der Waals surface area contributed by atoms with Crippen LogP contribution in [0.3, 0.4) is 0 Å². The number of carbonyl (C=O) groups excluding carboxylic acids is 1. The fraction of sp³-hybridized carbons (Fsp3) is 0.562. The highest BCUT2D eigenvalue weighted by molar-refractivity contribution is 5.99. The summed E-state index contributed by atoms with van der Waals surface area (Å²) in [5, 5.41) is 0. The van der Waals surface area contributed by atoms with Crippen molar-refractivity contribution in [1.82, 2.24) is 0 Å². The van der Waals surface area contributed by atoms with Crippen LogP contribution in [-0.4, -0.2) is 12.0 Å². The Balaban J connectivity index is 2.18. The van der Waals surface area contributed by atoms with Crippen molar-refractivity contribution < 1.29 is 18.0 Å². The molecule has 1 saturated carbocycles. The van der Waals surface area contributed by atoms with Gasteiger partial charge in [-0.15, -0.1) is 0 Å². The molecule has 1 nitrogen and oxygen atoms in total. The summed E-state index contributed by atoms with van der Waals surface area (Å²) in [7, 11) is 0. The Hall–Kier alpha value is -1.32. The van der Waals surface area contributed by atoms with E-state index in [4.69, 9.17) is 0 Å². The van der Waals surface area contributed by atoms with Gasteiger partial charge in [-0.1, -0.05) is 24.1 Å². The van der Waals surface area contributed by atoms with E-state index >= 15 is 0 Å². The second-order valence-electron chi connectivity index (χ2n) is 5.78. The van der Waals surface area contributed by atoms with E-state index in [9.17, 15) is 18.0 Å². The average Bonchev–Trinajstić information content (AvgIpc) is 2.40. The highest BCUT2D eigenvalue weighted by Crippen LogP contribution is 2.41. The molecule has 2 unspecified atom stereocenters. The zero-order valence-electron chi connectivity index (χ0n) is 11.8. The molecule has 4 heteroatoms. The van der Waals surface area contributed by atoms with E-state index in [1.807, 2.05) is 26.0 Å². The number of aryl methyl sites for hydroxylation is 2. The van der Waals surface area contributed by atoms with Crippen LogP contribution in [0.15, 0.2) is 18.2 Å². The van der Waals surface area contributed by atoms with Crippen molar-refractivity contribution >= 4 is 5.78 Å². The van der Waals surface area contributed by atoms with Gasteiger partial charge in [-0.05, 0) is 44.7 Å². The third-order valence-corrected chi connectivity index (χ3v) is 4.17. The summed E-state index contributed by atoms with van der Waals surface area (Å²) >= 11 is 0. The van der Waals surface area contributed by atoms with E-state index < -0.39 is 18.0 Å². The molecule has 0 amide bonds. The first-order valence-electron chi connectivity index (χ1n) is 6.97. The van der Waals surface area contributed by atoms with Crippen molar-refractivity contribution in [3.8, 4) is 0 Å². The number of Topliss-reactive ketones (excluding diaryl/α,β-unsaturated/α-hetero) is 1. The van der Waals surface area contributed by atoms with Crippen LogP contribution in [0, 0.1) is 25.7 Å². The molecule has 0 heterocycles. The van der Waals surface area contributed by atoms with Gasteiger partial charge >= 0.3 is 6.18 Å². The van der Waals surface area contributed by atoms with Gasteiger partial charge in [-0.2, -0.15) is 13.2 Å². The smallest absolute Gasteiger partial charge is 0.294 e. The lowest BCUT2D eigenvalue weighted by molar-refractivity contribution is -0.184. The second-order valence-corrected chi connectivity index (χ2v) is 5.78. The molecular formula is C16H19F3O.